The van der Waals surface area contributed by atoms with Crippen LogP contribution in [0.2, 0.25) is 0 Å². The molecule has 0 aliphatic carbocycles. The van der Waals surface area contributed by atoms with Crippen LogP contribution in [-0.2, 0) is 14.2 Å². The van der Waals surface area contributed by atoms with Gasteiger partial charge in [0.25, 0.3) is 0 Å². The van der Waals surface area contributed by atoms with E-state index in [0.29, 0.717) is 23.0 Å². The molecule has 2 fully saturated rings. The number of carbonyl (C=O) groups is 2. The van der Waals surface area contributed by atoms with Gasteiger partial charge in [-0.1, -0.05) is 44.2 Å². The summed E-state index contributed by atoms with van der Waals surface area (Å²) < 4.78 is 23.0. The largest absolute Gasteiger partial charge is 0.457 e. The second kappa shape index (κ2) is 11.5. The zero-order chi connectivity index (χ0) is 26.5. The van der Waals surface area contributed by atoms with Crippen LogP contribution in [0.4, 0.5) is 21.0 Å². The molecular formula is C29H31N3O6. The number of urea groups is 1. The highest BCUT2D eigenvalue weighted by Gasteiger charge is 2.50. The molecule has 3 N–H and O–H groups in total. The first-order chi connectivity index (χ1) is 18.4. The van der Waals surface area contributed by atoms with Crippen molar-refractivity contribution in [1.82, 2.24) is 5.32 Å². The van der Waals surface area contributed by atoms with Gasteiger partial charge in [0.1, 0.15) is 23.7 Å². The number of anilines is 2. The lowest BCUT2D eigenvalue weighted by molar-refractivity contribution is 0.00873. The molecule has 3 aromatic rings. The number of ether oxygens (including phenoxy) is 4. The summed E-state index contributed by atoms with van der Waals surface area (Å²) in [5.74, 6) is 1.80. The first kappa shape index (κ1) is 25.6. The molecule has 2 heterocycles. The lowest BCUT2D eigenvalue weighted by Crippen LogP contribution is -2.46. The summed E-state index contributed by atoms with van der Waals surface area (Å²) in [4.78, 5) is 25.0. The van der Waals surface area contributed by atoms with E-state index >= 15 is 0 Å². The molecule has 3 aromatic carbocycles. The van der Waals surface area contributed by atoms with Gasteiger partial charge in [-0.3, -0.25) is 5.32 Å². The van der Waals surface area contributed by atoms with Crippen LogP contribution in [0.25, 0.3) is 0 Å². The highest BCUT2D eigenvalue weighted by atomic mass is 16.6. The van der Waals surface area contributed by atoms with Gasteiger partial charge in [0, 0.05) is 11.4 Å². The van der Waals surface area contributed by atoms with Crippen molar-refractivity contribution in [3.8, 4) is 11.5 Å². The summed E-state index contributed by atoms with van der Waals surface area (Å²) in [5, 5.41) is 8.46. The van der Waals surface area contributed by atoms with Crippen LogP contribution in [0.1, 0.15) is 25.3 Å². The van der Waals surface area contributed by atoms with E-state index in [4.69, 9.17) is 18.9 Å². The third-order valence-electron chi connectivity index (χ3n) is 6.50. The number of rotatable bonds is 7. The number of carbonyl (C=O) groups excluding carboxylic acids is 2. The molecule has 0 aromatic heterocycles. The molecule has 5 rings (SSSR count). The van der Waals surface area contributed by atoms with Gasteiger partial charge in [-0.15, -0.1) is 0 Å². The fourth-order valence-electron chi connectivity index (χ4n) is 4.49. The number of hydrogen-bond donors (Lipinski definition) is 3. The van der Waals surface area contributed by atoms with Crippen LogP contribution in [0.3, 0.4) is 0 Å². The second-order valence-corrected chi connectivity index (χ2v) is 9.59. The summed E-state index contributed by atoms with van der Waals surface area (Å²) in [6.07, 6.45) is -2.06. The lowest BCUT2D eigenvalue weighted by atomic mass is 10.0. The van der Waals surface area contributed by atoms with Crippen LogP contribution in [0.5, 0.6) is 11.5 Å². The molecule has 2 aliphatic rings. The predicted molar refractivity (Wildman–Crippen MR) is 143 cm³/mol. The highest BCUT2D eigenvalue weighted by Crippen LogP contribution is 2.30. The Hall–Kier alpha value is -4.08. The molecular weight excluding hydrogens is 486 g/mol. The summed E-state index contributed by atoms with van der Waals surface area (Å²) in [6, 6.07) is 23.5. The second-order valence-electron chi connectivity index (χ2n) is 9.59. The van der Waals surface area contributed by atoms with Crippen molar-refractivity contribution >= 4 is 23.5 Å². The van der Waals surface area contributed by atoms with E-state index in [9.17, 15) is 9.59 Å². The molecule has 9 nitrogen and oxygen atoms in total. The maximum absolute atomic E-state index is 12.5. The van der Waals surface area contributed by atoms with E-state index in [1.54, 1.807) is 24.3 Å². The number of nitrogens with one attached hydrogen (secondary N) is 3. The van der Waals surface area contributed by atoms with Crippen molar-refractivity contribution in [3.05, 3.63) is 84.4 Å². The first-order valence-corrected chi connectivity index (χ1v) is 12.7. The van der Waals surface area contributed by atoms with Gasteiger partial charge in [-0.2, -0.15) is 0 Å². The number of amides is 3. The molecule has 9 heteroatoms. The van der Waals surface area contributed by atoms with Crippen LogP contribution >= 0.6 is 0 Å². The van der Waals surface area contributed by atoms with Crippen LogP contribution in [0.15, 0.2) is 78.9 Å². The molecule has 4 unspecified atom stereocenters. The number of para-hydroxylation sites is 1. The van der Waals surface area contributed by atoms with E-state index in [-0.39, 0.29) is 25.3 Å². The molecule has 2 saturated heterocycles. The zero-order valence-corrected chi connectivity index (χ0v) is 21.3. The quantitative estimate of drug-likeness (QED) is 0.382. The van der Waals surface area contributed by atoms with Gasteiger partial charge in [0.15, 0.2) is 6.10 Å². The van der Waals surface area contributed by atoms with Gasteiger partial charge in [0.05, 0.1) is 19.3 Å². The molecule has 2 aliphatic heterocycles. The summed E-state index contributed by atoms with van der Waals surface area (Å²) in [6.45, 7) is 4.68. The average molecular weight is 518 g/mol. The molecule has 4 atom stereocenters. The van der Waals surface area contributed by atoms with Gasteiger partial charge >= 0.3 is 12.1 Å². The predicted octanol–water partition coefficient (Wildman–Crippen LogP) is 5.51. The molecule has 3 amide bonds. The van der Waals surface area contributed by atoms with Crippen molar-refractivity contribution in [2.24, 2.45) is 0 Å². The molecule has 0 saturated carbocycles. The molecule has 0 radical (unpaired) electrons. The Morgan fingerprint density at radius 2 is 1.42 bits per heavy atom. The standard InChI is InChI=1S/C29H31N3O6/c1-18(2)19-8-10-20(11-9-19)30-28(33)32-24-16-35-27-25(17-36-26(24)27)38-29(34)31-21-12-14-23(15-13-21)37-22-6-4-3-5-7-22/h3-15,18,24-27H,16-17H2,1-2H3,(H,31,34)(H2,30,32,33). The zero-order valence-electron chi connectivity index (χ0n) is 21.3. The Morgan fingerprint density at radius 1 is 0.789 bits per heavy atom. The number of hydrogen-bond acceptors (Lipinski definition) is 6. The van der Waals surface area contributed by atoms with Gasteiger partial charge in [0.2, 0.25) is 0 Å². The lowest BCUT2D eigenvalue weighted by Gasteiger charge is -2.18. The Bertz CT molecular complexity index is 1230. The van der Waals surface area contributed by atoms with Gasteiger partial charge in [-0.25, -0.2) is 9.59 Å². The van der Waals surface area contributed by atoms with Crippen molar-refractivity contribution in [2.45, 2.75) is 44.1 Å². The monoisotopic (exact) mass is 517 g/mol. The number of benzene rings is 3. The minimum absolute atomic E-state index is 0.184. The molecule has 0 spiro atoms. The van der Waals surface area contributed by atoms with Gasteiger partial charge < -0.3 is 29.6 Å². The topological polar surface area (TPSA) is 107 Å². The maximum atomic E-state index is 12.5. The van der Waals surface area contributed by atoms with Crippen LogP contribution in [-0.4, -0.2) is 49.7 Å². The number of fused-ring (bicyclic) bond motifs is 1. The van der Waals surface area contributed by atoms with E-state index in [0.717, 1.165) is 5.75 Å². The molecule has 38 heavy (non-hydrogen) atoms. The summed E-state index contributed by atoms with van der Waals surface area (Å²) in [5.41, 5.74) is 2.47. The van der Waals surface area contributed by atoms with E-state index in [1.165, 1.54) is 5.56 Å². The smallest absolute Gasteiger partial charge is 0.412 e. The van der Waals surface area contributed by atoms with Crippen molar-refractivity contribution in [1.29, 1.82) is 0 Å². The van der Waals surface area contributed by atoms with Crippen molar-refractivity contribution in [2.75, 3.05) is 23.8 Å². The normalized spacial score (nSPS) is 22.0. The SMILES string of the molecule is CC(C)c1ccc(NC(=O)NC2COC3C(OC(=O)Nc4ccc(Oc5ccccc5)cc4)COC23)cc1. The third kappa shape index (κ3) is 6.24. The minimum Gasteiger partial charge on any atom is -0.457 e. The fraction of sp³-hybridized carbons (Fsp3) is 0.310. The Morgan fingerprint density at radius 3 is 2.13 bits per heavy atom. The Labute approximate surface area is 221 Å². The summed E-state index contributed by atoms with van der Waals surface area (Å²) in [7, 11) is 0. The Balaban J connectivity index is 1.08. The molecule has 0 bridgehead atoms. The average Bonchev–Trinajstić information content (AvgIpc) is 3.49. The minimum atomic E-state index is -0.612. The molecule has 198 valence electrons. The maximum Gasteiger partial charge on any atom is 0.412 e. The van der Waals surface area contributed by atoms with E-state index in [2.05, 4.69) is 29.8 Å². The van der Waals surface area contributed by atoms with Crippen molar-refractivity contribution in [3.63, 3.8) is 0 Å². The fourth-order valence-corrected chi connectivity index (χ4v) is 4.49. The van der Waals surface area contributed by atoms with Crippen LogP contribution < -0.4 is 20.7 Å². The van der Waals surface area contributed by atoms with Gasteiger partial charge in [-0.05, 0) is 60.0 Å². The Kier molecular flexibility index (Phi) is 7.76. The van der Waals surface area contributed by atoms with E-state index < -0.39 is 24.4 Å². The third-order valence-corrected chi connectivity index (χ3v) is 6.50. The van der Waals surface area contributed by atoms with Crippen molar-refractivity contribution < 1.29 is 28.5 Å². The van der Waals surface area contributed by atoms with E-state index in [1.807, 2.05) is 54.6 Å². The first-order valence-electron chi connectivity index (χ1n) is 12.7. The highest BCUT2D eigenvalue weighted by molar-refractivity contribution is 5.89. The summed E-state index contributed by atoms with van der Waals surface area (Å²) >= 11 is 0. The van der Waals surface area contributed by atoms with Crippen LogP contribution in [0, 0.1) is 0 Å².